The maximum atomic E-state index is 14.0. The van der Waals surface area contributed by atoms with E-state index in [0.29, 0.717) is 45.0 Å². The van der Waals surface area contributed by atoms with E-state index in [-0.39, 0.29) is 11.8 Å². The van der Waals surface area contributed by atoms with Gasteiger partial charge in [0, 0.05) is 24.0 Å². The number of fused-ring (bicyclic) bond motifs is 1. The predicted octanol–water partition coefficient (Wildman–Crippen LogP) is 5.27. The number of rotatable bonds is 5. The Kier molecular flexibility index (Phi) is 5.66. The molecule has 0 spiro atoms. The van der Waals surface area contributed by atoms with Gasteiger partial charge in [0.25, 0.3) is 0 Å². The van der Waals surface area contributed by atoms with Crippen LogP contribution in [0.15, 0.2) is 47.8 Å². The van der Waals surface area contributed by atoms with Gasteiger partial charge in [0.05, 0.1) is 21.3 Å². The van der Waals surface area contributed by atoms with Crippen molar-refractivity contribution in [1.82, 2.24) is 19.9 Å². The van der Waals surface area contributed by atoms with Crippen LogP contribution >= 0.6 is 34.5 Å². The molecule has 148 valence electrons. The molecule has 0 radical (unpaired) electrons. The third-order valence-electron chi connectivity index (χ3n) is 4.11. The van der Waals surface area contributed by atoms with Gasteiger partial charge in [-0.1, -0.05) is 35.3 Å². The second-order valence-corrected chi connectivity index (χ2v) is 7.75. The van der Waals surface area contributed by atoms with Crippen LogP contribution in [0.25, 0.3) is 16.3 Å². The van der Waals surface area contributed by atoms with Crippen LogP contribution in [-0.2, 0) is 6.42 Å². The Labute approximate surface area is 179 Å². The molecule has 4 aromatic rings. The number of carbonyl (C=O) groups excluding carboxylic acids is 1. The van der Waals surface area contributed by atoms with E-state index in [9.17, 15) is 9.18 Å². The number of hydrogen-bond donors (Lipinski definition) is 2. The molecule has 0 saturated carbocycles. The minimum absolute atomic E-state index is 0.335. The zero-order chi connectivity index (χ0) is 20.4. The highest BCUT2D eigenvalue weighted by Gasteiger charge is 2.14. The summed E-state index contributed by atoms with van der Waals surface area (Å²) >= 11 is 13.2. The first kappa shape index (κ1) is 19.6. The van der Waals surface area contributed by atoms with Gasteiger partial charge < -0.3 is 10.6 Å². The topological polar surface area (TPSA) is 71.3 Å². The highest BCUT2D eigenvalue weighted by Crippen LogP contribution is 2.25. The SMILES string of the molecule is O=C(NCCc1csc2nc(-c3ccccc3F)nn12)Nc1ccc(Cl)c(Cl)c1. The molecule has 0 aliphatic rings. The Hall–Kier alpha value is -2.68. The van der Waals surface area contributed by atoms with E-state index >= 15 is 0 Å². The van der Waals surface area contributed by atoms with Gasteiger partial charge in [-0.05, 0) is 30.3 Å². The predicted molar refractivity (Wildman–Crippen MR) is 113 cm³/mol. The number of thiazole rings is 1. The fourth-order valence-electron chi connectivity index (χ4n) is 2.71. The molecule has 0 saturated heterocycles. The first-order chi connectivity index (χ1) is 14.0. The molecule has 0 unspecified atom stereocenters. The van der Waals surface area contributed by atoms with E-state index in [4.69, 9.17) is 23.2 Å². The molecule has 2 amide bonds. The number of nitrogens with zero attached hydrogens (tertiary/aromatic N) is 3. The fraction of sp³-hybridized carbons (Fsp3) is 0.105. The van der Waals surface area contributed by atoms with Crippen molar-refractivity contribution in [3.8, 4) is 11.4 Å². The molecule has 0 aliphatic carbocycles. The van der Waals surface area contributed by atoms with Gasteiger partial charge in [-0.3, -0.25) is 0 Å². The number of hydrogen-bond acceptors (Lipinski definition) is 4. The summed E-state index contributed by atoms with van der Waals surface area (Å²) in [7, 11) is 0. The van der Waals surface area contributed by atoms with Gasteiger partial charge in [0.15, 0.2) is 5.82 Å². The Bertz CT molecular complexity index is 1190. The van der Waals surface area contributed by atoms with Gasteiger partial charge >= 0.3 is 6.03 Å². The van der Waals surface area contributed by atoms with E-state index in [2.05, 4.69) is 20.7 Å². The second kappa shape index (κ2) is 8.36. The van der Waals surface area contributed by atoms with E-state index in [1.807, 2.05) is 5.38 Å². The Balaban J connectivity index is 1.39. The van der Waals surface area contributed by atoms with Gasteiger partial charge in [0.2, 0.25) is 4.96 Å². The third kappa shape index (κ3) is 4.34. The second-order valence-electron chi connectivity index (χ2n) is 6.10. The van der Waals surface area contributed by atoms with Crippen molar-refractivity contribution in [3.05, 3.63) is 69.4 Å². The van der Waals surface area contributed by atoms with Gasteiger partial charge in [-0.15, -0.1) is 16.4 Å². The number of carbonyl (C=O) groups is 1. The molecule has 0 aliphatic heterocycles. The average molecular weight is 450 g/mol. The number of benzene rings is 2. The molecular weight excluding hydrogens is 436 g/mol. The van der Waals surface area contributed by atoms with Gasteiger partial charge in [-0.2, -0.15) is 4.98 Å². The highest BCUT2D eigenvalue weighted by atomic mass is 35.5. The molecule has 0 fully saturated rings. The summed E-state index contributed by atoms with van der Waals surface area (Å²) in [5.74, 6) is -0.0329. The molecule has 2 aromatic heterocycles. The summed E-state index contributed by atoms with van der Waals surface area (Å²) < 4.78 is 15.6. The van der Waals surface area contributed by atoms with Crippen LogP contribution in [0.2, 0.25) is 10.0 Å². The number of anilines is 1. The largest absolute Gasteiger partial charge is 0.337 e. The lowest BCUT2D eigenvalue weighted by Gasteiger charge is -2.08. The Morgan fingerprint density at radius 2 is 2.00 bits per heavy atom. The van der Waals surface area contributed by atoms with Crippen molar-refractivity contribution in [2.45, 2.75) is 6.42 Å². The Morgan fingerprint density at radius 3 is 2.79 bits per heavy atom. The third-order valence-corrected chi connectivity index (χ3v) is 5.71. The molecular formula is C19H14Cl2FN5OS. The first-order valence-electron chi connectivity index (χ1n) is 8.59. The lowest BCUT2D eigenvalue weighted by molar-refractivity contribution is 0.252. The fourth-order valence-corrected chi connectivity index (χ4v) is 3.86. The van der Waals surface area contributed by atoms with Crippen molar-refractivity contribution in [3.63, 3.8) is 0 Å². The van der Waals surface area contributed by atoms with E-state index < -0.39 is 0 Å². The summed E-state index contributed by atoms with van der Waals surface area (Å²) in [6, 6.07) is 10.9. The van der Waals surface area contributed by atoms with Crippen LogP contribution < -0.4 is 10.6 Å². The van der Waals surface area contributed by atoms with Gasteiger partial charge in [0.1, 0.15) is 5.82 Å². The lowest BCUT2D eigenvalue weighted by atomic mass is 10.2. The molecule has 2 heterocycles. The van der Waals surface area contributed by atoms with Crippen LogP contribution in [-0.4, -0.2) is 27.2 Å². The molecule has 10 heteroatoms. The molecule has 0 atom stereocenters. The van der Waals surface area contributed by atoms with Crippen molar-refractivity contribution < 1.29 is 9.18 Å². The van der Waals surface area contributed by atoms with Crippen molar-refractivity contribution >= 4 is 51.2 Å². The molecule has 4 rings (SSSR count). The number of aromatic nitrogens is 3. The van der Waals surface area contributed by atoms with E-state index in [1.54, 1.807) is 40.9 Å². The summed E-state index contributed by atoms with van der Waals surface area (Å²) in [6.45, 7) is 0.383. The van der Waals surface area contributed by atoms with Crippen LogP contribution in [0.4, 0.5) is 14.9 Å². The van der Waals surface area contributed by atoms with Crippen molar-refractivity contribution in [2.75, 3.05) is 11.9 Å². The number of urea groups is 1. The maximum absolute atomic E-state index is 14.0. The monoisotopic (exact) mass is 449 g/mol. The lowest BCUT2D eigenvalue weighted by Crippen LogP contribution is -2.30. The summed E-state index contributed by atoms with van der Waals surface area (Å²) in [5, 5.41) is 12.6. The number of nitrogens with one attached hydrogen (secondary N) is 2. The van der Waals surface area contributed by atoms with E-state index in [1.165, 1.54) is 17.4 Å². The Morgan fingerprint density at radius 1 is 1.17 bits per heavy atom. The normalized spacial score (nSPS) is 11.0. The molecule has 29 heavy (non-hydrogen) atoms. The summed E-state index contributed by atoms with van der Waals surface area (Å²) in [4.78, 5) is 17.1. The molecule has 6 nitrogen and oxygen atoms in total. The van der Waals surface area contributed by atoms with Gasteiger partial charge in [-0.25, -0.2) is 13.7 Å². The number of halogens is 3. The standard InChI is InChI=1S/C19H14Cl2FN5OS/c20-14-6-5-11(9-15(14)21)24-18(28)23-8-7-12-10-29-19-25-17(26-27(12)19)13-3-1-2-4-16(13)22/h1-6,9-10H,7-8H2,(H2,23,24,28). The highest BCUT2D eigenvalue weighted by molar-refractivity contribution is 7.15. The molecule has 2 N–H and O–H groups in total. The minimum atomic E-state index is -0.368. The smallest absolute Gasteiger partial charge is 0.319 e. The summed E-state index contributed by atoms with van der Waals surface area (Å²) in [5.41, 5.74) is 1.77. The maximum Gasteiger partial charge on any atom is 0.319 e. The molecule has 2 aromatic carbocycles. The van der Waals surface area contributed by atoms with Crippen molar-refractivity contribution in [2.24, 2.45) is 0 Å². The average Bonchev–Trinajstić information content (AvgIpc) is 3.27. The molecule has 0 bridgehead atoms. The van der Waals surface area contributed by atoms with Crippen LogP contribution in [0.5, 0.6) is 0 Å². The summed E-state index contributed by atoms with van der Waals surface area (Å²) in [6.07, 6.45) is 0.537. The quantitative estimate of drug-likeness (QED) is 0.435. The van der Waals surface area contributed by atoms with Crippen LogP contribution in [0, 0.1) is 5.82 Å². The van der Waals surface area contributed by atoms with E-state index in [0.717, 1.165) is 5.69 Å². The van der Waals surface area contributed by atoms with Crippen molar-refractivity contribution in [1.29, 1.82) is 0 Å². The number of amides is 2. The van der Waals surface area contributed by atoms with Crippen LogP contribution in [0.3, 0.4) is 0 Å². The van der Waals surface area contributed by atoms with Crippen LogP contribution in [0.1, 0.15) is 5.69 Å². The zero-order valence-corrected chi connectivity index (χ0v) is 17.2. The minimum Gasteiger partial charge on any atom is -0.337 e. The zero-order valence-electron chi connectivity index (χ0n) is 14.8. The first-order valence-corrected chi connectivity index (χ1v) is 10.2.